The number of aliphatic imine (C=N–C) groups is 1. The first kappa shape index (κ1) is 12.3. The van der Waals surface area contributed by atoms with E-state index in [0.29, 0.717) is 5.96 Å². The second-order valence-electron chi connectivity index (χ2n) is 5.30. The van der Waals surface area contributed by atoms with Crippen molar-refractivity contribution in [2.24, 2.45) is 10.7 Å². The van der Waals surface area contributed by atoms with Crippen molar-refractivity contribution in [3.05, 3.63) is 0 Å². The number of nitrogens with zero attached hydrogens (tertiary/aromatic N) is 2. The molecule has 1 heterocycles. The van der Waals surface area contributed by atoms with Crippen LogP contribution in [-0.4, -0.2) is 41.7 Å². The van der Waals surface area contributed by atoms with Crippen molar-refractivity contribution in [3.63, 3.8) is 0 Å². The van der Waals surface area contributed by atoms with Crippen LogP contribution in [0.15, 0.2) is 4.99 Å². The molecule has 1 fully saturated rings. The molecular formula is C11H23N3O. The van der Waals surface area contributed by atoms with Crippen LogP contribution >= 0.6 is 0 Å². The average Bonchev–Trinajstić information content (AvgIpc) is 1.98. The summed E-state index contributed by atoms with van der Waals surface area (Å²) in [5.74, 6) is 0.629. The molecule has 0 aromatic carbocycles. The topological polar surface area (TPSA) is 50.8 Å². The fourth-order valence-corrected chi connectivity index (χ4v) is 1.78. The van der Waals surface area contributed by atoms with E-state index < -0.39 is 0 Å². The Hall–Kier alpha value is -0.770. The van der Waals surface area contributed by atoms with Gasteiger partial charge in [0.25, 0.3) is 0 Å². The lowest BCUT2D eigenvalue weighted by Crippen LogP contribution is -2.51. The Morgan fingerprint density at radius 3 is 2.13 bits per heavy atom. The van der Waals surface area contributed by atoms with Crippen LogP contribution in [0.2, 0.25) is 0 Å². The van der Waals surface area contributed by atoms with Gasteiger partial charge in [0.15, 0.2) is 5.96 Å². The highest BCUT2D eigenvalue weighted by Gasteiger charge is 2.24. The highest BCUT2D eigenvalue weighted by atomic mass is 16.5. The predicted molar refractivity (Wildman–Crippen MR) is 63.0 cm³/mol. The molecule has 0 aliphatic carbocycles. The number of morpholine rings is 1. The van der Waals surface area contributed by atoms with Crippen LogP contribution in [0, 0.1) is 0 Å². The molecule has 0 amide bonds. The number of rotatable bonds is 0. The zero-order chi connectivity index (χ0) is 11.6. The molecule has 0 spiro atoms. The third-order valence-corrected chi connectivity index (χ3v) is 2.19. The molecule has 4 heteroatoms. The Morgan fingerprint density at radius 2 is 1.73 bits per heavy atom. The first-order valence-corrected chi connectivity index (χ1v) is 5.53. The molecule has 4 nitrogen and oxygen atoms in total. The summed E-state index contributed by atoms with van der Waals surface area (Å²) < 4.78 is 5.64. The average molecular weight is 213 g/mol. The highest BCUT2D eigenvalue weighted by Crippen LogP contribution is 2.12. The molecule has 2 atom stereocenters. The Morgan fingerprint density at radius 1 is 1.27 bits per heavy atom. The van der Waals surface area contributed by atoms with E-state index in [1.54, 1.807) is 0 Å². The summed E-state index contributed by atoms with van der Waals surface area (Å²) in [4.78, 5) is 6.57. The van der Waals surface area contributed by atoms with Crippen molar-refractivity contribution < 1.29 is 4.74 Å². The molecule has 15 heavy (non-hydrogen) atoms. The molecule has 1 aliphatic rings. The van der Waals surface area contributed by atoms with Gasteiger partial charge in [-0.05, 0) is 34.6 Å². The van der Waals surface area contributed by atoms with Gasteiger partial charge in [0.05, 0.1) is 17.7 Å². The van der Waals surface area contributed by atoms with Gasteiger partial charge in [-0.3, -0.25) is 0 Å². The normalized spacial score (nSPS) is 29.4. The lowest BCUT2D eigenvalue weighted by molar-refractivity contribution is -0.0485. The molecule has 0 unspecified atom stereocenters. The van der Waals surface area contributed by atoms with Crippen molar-refractivity contribution in [2.75, 3.05) is 13.1 Å². The summed E-state index contributed by atoms with van der Waals surface area (Å²) >= 11 is 0. The maximum atomic E-state index is 5.98. The summed E-state index contributed by atoms with van der Waals surface area (Å²) in [7, 11) is 0. The molecule has 0 radical (unpaired) electrons. The maximum absolute atomic E-state index is 5.98. The van der Waals surface area contributed by atoms with Gasteiger partial charge in [-0.25, -0.2) is 4.99 Å². The quantitative estimate of drug-likeness (QED) is 0.486. The summed E-state index contributed by atoms with van der Waals surface area (Å²) in [6.45, 7) is 11.9. The lowest BCUT2D eigenvalue weighted by atomic mass is 10.1. The third-order valence-electron chi connectivity index (χ3n) is 2.19. The molecule has 0 bridgehead atoms. The van der Waals surface area contributed by atoms with Gasteiger partial charge in [-0.2, -0.15) is 0 Å². The standard InChI is InChI=1S/C11H23N3O/c1-8-6-14(7-9(2)15-8)10(12)13-11(3,4)5/h8-9H,6-7H2,1-5H3,(H2,12,13)/t8-,9+. The fourth-order valence-electron chi connectivity index (χ4n) is 1.78. The molecule has 1 aliphatic heterocycles. The molecule has 0 aromatic heterocycles. The Bertz CT molecular complexity index is 235. The minimum atomic E-state index is -0.116. The van der Waals surface area contributed by atoms with Crippen LogP contribution in [0.25, 0.3) is 0 Å². The van der Waals surface area contributed by atoms with Crippen LogP contribution < -0.4 is 5.73 Å². The van der Waals surface area contributed by atoms with Crippen LogP contribution in [0.5, 0.6) is 0 Å². The number of hydrogen-bond acceptors (Lipinski definition) is 2. The maximum Gasteiger partial charge on any atom is 0.191 e. The molecule has 0 aromatic rings. The molecule has 1 rings (SSSR count). The third kappa shape index (κ3) is 4.08. The Kier molecular flexibility index (Phi) is 3.60. The van der Waals surface area contributed by atoms with Gasteiger partial charge in [-0.15, -0.1) is 0 Å². The first-order valence-electron chi connectivity index (χ1n) is 5.53. The van der Waals surface area contributed by atoms with E-state index in [0.717, 1.165) is 13.1 Å². The van der Waals surface area contributed by atoms with Crippen LogP contribution in [0.3, 0.4) is 0 Å². The zero-order valence-electron chi connectivity index (χ0n) is 10.4. The largest absolute Gasteiger partial charge is 0.372 e. The minimum absolute atomic E-state index is 0.116. The van der Waals surface area contributed by atoms with E-state index in [4.69, 9.17) is 10.5 Å². The van der Waals surface area contributed by atoms with Crippen molar-refractivity contribution >= 4 is 5.96 Å². The summed E-state index contributed by atoms with van der Waals surface area (Å²) in [5.41, 5.74) is 5.86. The summed E-state index contributed by atoms with van der Waals surface area (Å²) in [6.07, 6.45) is 0.449. The van der Waals surface area contributed by atoms with E-state index in [-0.39, 0.29) is 17.7 Å². The van der Waals surface area contributed by atoms with E-state index in [9.17, 15) is 0 Å². The zero-order valence-corrected chi connectivity index (χ0v) is 10.4. The van der Waals surface area contributed by atoms with Gasteiger partial charge in [0.1, 0.15) is 0 Å². The van der Waals surface area contributed by atoms with Crippen molar-refractivity contribution in [1.82, 2.24) is 4.90 Å². The van der Waals surface area contributed by atoms with Crippen molar-refractivity contribution in [2.45, 2.75) is 52.4 Å². The van der Waals surface area contributed by atoms with Crippen LogP contribution in [0.4, 0.5) is 0 Å². The highest BCUT2D eigenvalue weighted by molar-refractivity contribution is 5.78. The molecule has 1 saturated heterocycles. The monoisotopic (exact) mass is 213 g/mol. The van der Waals surface area contributed by atoms with Crippen molar-refractivity contribution in [1.29, 1.82) is 0 Å². The van der Waals surface area contributed by atoms with Crippen LogP contribution in [-0.2, 0) is 4.74 Å². The van der Waals surface area contributed by atoms with E-state index in [1.165, 1.54) is 0 Å². The predicted octanol–water partition coefficient (Wildman–Crippen LogP) is 1.21. The second-order valence-corrected chi connectivity index (χ2v) is 5.30. The number of hydrogen-bond donors (Lipinski definition) is 1. The smallest absolute Gasteiger partial charge is 0.191 e. The summed E-state index contributed by atoms with van der Waals surface area (Å²) in [5, 5.41) is 0. The van der Waals surface area contributed by atoms with Gasteiger partial charge in [-0.1, -0.05) is 0 Å². The second kappa shape index (κ2) is 4.39. The molecule has 88 valence electrons. The Balaban J connectivity index is 2.67. The SMILES string of the molecule is C[C@@H]1CN(C(N)=NC(C)(C)C)C[C@H](C)O1. The molecule has 2 N–H and O–H groups in total. The van der Waals surface area contributed by atoms with Crippen LogP contribution in [0.1, 0.15) is 34.6 Å². The fraction of sp³-hybridized carbons (Fsp3) is 0.909. The van der Waals surface area contributed by atoms with Crippen molar-refractivity contribution in [3.8, 4) is 0 Å². The number of nitrogens with two attached hydrogens (primary N) is 1. The first-order chi connectivity index (χ1) is 6.78. The van der Waals surface area contributed by atoms with Gasteiger partial charge < -0.3 is 15.4 Å². The van der Waals surface area contributed by atoms with E-state index in [2.05, 4.69) is 23.7 Å². The van der Waals surface area contributed by atoms with Gasteiger partial charge >= 0.3 is 0 Å². The number of guanidine groups is 1. The number of ether oxygens (including phenoxy) is 1. The lowest BCUT2D eigenvalue weighted by Gasteiger charge is -2.36. The van der Waals surface area contributed by atoms with Gasteiger partial charge in [0.2, 0.25) is 0 Å². The minimum Gasteiger partial charge on any atom is -0.372 e. The van der Waals surface area contributed by atoms with Gasteiger partial charge in [0, 0.05) is 13.1 Å². The van der Waals surface area contributed by atoms with E-state index >= 15 is 0 Å². The molecule has 0 saturated carbocycles. The van der Waals surface area contributed by atoms with E-state index in [1.807, 2.05) is 20.8 Å². The molecular weight excluding hydrogens is 190 g/mol. The summed E-state index contributed by atoms with van der Waals surface area (Å²) in [6, 6.07) is 0. The Labute approximate surface area is 92.5 Å².